The fourth-order valence-corrected chi connectivity index (χ4v) is 3.90. The average molecular weight is 440 g/mol. The third-order valence-corrected chi connectivity index (χ3v) is 5.68. The van der Waals surface area contributed by atoms with Crippen LogP contribution in [-0.2, 0) is 22.7 Å². The third kappa shape index (κ3) is 5.38. The molecule has 2 atom stereocenters. The number of oxazole rings is 1. The van der Waals surface area contributed by atoms with Crippen molar-refractivity contribution in [3.8, 4) is 11.5 Å². The first-order valence-corrected chi connectivity index (χ1v) is 10.7. The first-order chi connectivity index (χ1) is 15.5. The number of ether oxygens (including phenoxy) is 2. The molecule has 0 amide bonds. The van der Waals surface area contributed by atoms with Crippen LogP contribution in [0.5, 0.6) is 0 Å². The summed E-state index contributed by atoms with van der Waals surface area (Å²) in [6, 6.07) is 12.6. The molecule has 3 aromatic rings. The number of benzene rings is 2. The molecule has 0 bridgehead atoms. The number of para-hydroxylation sites is 1. The number of aryl methyl sites for hydroxylation is 1. The Morgan fingerprint density at radius 2 is 1.78 bits per heavy atom. The van der Waals surface area contributed by atoms with Crippen molar-refractivity contribution in [3.05, 3.63) is 81.5 Å². The van der Waals surface area contributed by atoms with Gasteiger partial charge in [0.05, 0.1) is 35.9 Å². The van der Waals surface area contributed by atoms with Crippen LogP contribution in [0.1, 0.15) is 42.7 Å². The zero-order valence-corrected chi connectivity index (χ0v) is 17.8. The molecule has 1 fully saturated rings. The molecule has 0 radical (unpaired) electrons. The van der Waals surface area contributed by atoms with Gasteiger partial charge in [0.25, 0.3) is 5.69 Å². The van der Waals surface area contributed by atoms with Crippen molar-refractivity contribution >= 4 is 5.69 Å². The fraction of sp³-hybridized carbons (Fsp3) is 0.375. The van der Waals surface area contributed by atoms with Crippen LogP contribution in [0, 0.1) is 22.9 Å². The fourth-order valence-electron chi connectivity index (χ4n) is 3.90. The number of rotatable bonds is 8. The van der Waals surface area contributed by atoms with Crippen LogP contribution in [0.2, 0.25) is 0 Å². The van der Waals surface area contributed by atoms with Gasteiger partial charge in [0, 0.05) is 11.6 Å². The zero-order valence-electron chi connectivity index (χ0n) is 17.8. The number of nitro groups is 1. The second-order valence-corrected chi connectivity index (χ2v) is 7.95. The van der Waals surface area contributed by atoms with E-state index in [9.17, 15) is 14.5 Å². The molecule has 2 aromatic carbocycles. The summed E-state index contributed by atoms with van der Waals surface area (Å²) < 4.78 is 30.9. The van der Waals surface area contributed by atoms with Crippen LogP contribution in [0.3, 0.4) is 0 Å². The lowest BCUT2D eigenvalue weighted by atomic mass is 9.95. The largest absolute Gasteiger partial charge is 0.441 e. The lowest BCUT2D eigenvalue weighted by molar-refractivity contribution is -0.386. The second kappa shape index (κ2) is 10.0. The Bertz CT molecular complexity index is 1070. The first kappa shape index (κ1) is 22.1. The maximum absolute atomic E-state index is 13.1. The Labute approximate surface area is 185 Å². The Balaban J connectivity index is 1.31. The number of aromatic nitrogens is 1. The highest BCUT2D eigenvalue weighted by atomic mass is 19.1. The van der Waals surface area contributed by atoms with Gasteiger partial charge in [-0.1, -0.05) is 12.1 Å². The number of nitrogens with zero attached hydrogens (tertiary/aromatic N) is 2. The van der Waals surface area contributed by atoms with Gasteiger partial charge in [-0.05, 0) is 62.9 Å². The van der Waals surface area contributed by atoms with Gasteiger partial charge in [-0.3, -0.25) is 10.1 Å². The highest BCUT2D eigenvalue weighted by Crippen LogP contribution is 2.28. The molecule has 0 aliphatic heterocycles. The molecule has 0 N–H and O–H groups in total. The SMILES string of the molecule is Cc1oc(-c2ccc(F)cc2)nc1COC1CCCC(OCc2ccccc2[N+](=O)[O-])C1. The van der Waals surface area contributed by atoms with E-state index in [2.05, 4.69) is 4.98 Å². The summed E-state index contributed by atoms with van der Waals surface area (Å²) >= 11 is 0. The Morgan fingerprint density at radius 3 is 2.50 bits per heavy atom. The number of halogens is 1. The summed E-state index contributed by atoms with van der Waals surface area (Å²) in [6.07, 6.45) is 3.52. The molecule has 7 nitrogen and oxygen atoms in total. The molecule has 1 aliphatic rings. The molecule has 1 saturated carbocycles. The number of nitro benzene ring substituents is 1. The average Bonchev–Trinajstić information content (AvgIpc) is 3.17. The van der Waals surface area contributed by atoms with E-state index in [1.807, 2.05) is 6.92 Å². The van der Waals surface area contributed by atoms with Crippen LogP contribution in [0.4, 0.5) is 10.1 Å². The summed E-state index contributed by atoms with van der Waals surface area (Å²) in [4.78, 5) is 15.3. The smallest absolute Gasteiger partial charge is 0.274 e. The molecule has 0 saturated heterocycles. The molecule has 32 heavy (non-hydrogen) atoms. The molecule has 168 valence electrons. The minimum absolute atomic E-state index is 0.0123. The van der Waals surface area contributed by atoms with E-state index in [0.29, 0.717) is 35.1 Å². The van der Waals surface area contributed by atoms with Crippen molar-refractivity contribution in [2.24, 2.45) is 0 Å². The van der Waals surface area contributed by atoms with Crippen LogP contribution < -0.4 is 0 Å². The standard InChI is InChI=1S/C24H25FN2O5/c1-16-22(26-24(32-16)17-9-11-19(25)12-10-17)15-31-21-7-4-6-20(13-21)30-14-18-5-2-3-8-23(18)27(28)29/h2-3,5,8-12,20-21H,4,6-7,13-15H2,1H3. The Morgan fingerprint density at radius 1 is 1.09 bits per heavy atom. The Hall–Kier alpha value is -3.10. The normalized spacial score (nSPS) is 18.6. The van der Waals surface area contributed by atoms with Gasteiger partial charge in [-0.25, -0.2) is 9.37 Å². The van der Waals surface area contributed by atoms with E-state index in [0.717, 1.165) is 25.7 Å². The highest BCUT2D eigenvalue weighted by Gasteiger charge is 2.25. The zero-order chi connectivity index (χ0) is 22.5. The van der Waals surface area contributed by atoms with E-state index in [4.69, 9.17) is 13.9 Å². The molecular weight excluding hydrogens is 415 g/mol. The summed E-state index contributed by atoms with van der Waals surface area (Å²) in [6.45, 7) is 2.36. The van der Waals surface area contributed by atoms with Crippen LogP contribution in [-0.4, -0.2) is 22.1 Å². The van der Waals surface area contributed by atoms with Crippen molar-refractivity contribution < 1.29 is 23.2 Å². The molecule has 0 spiro atoms. The topological polar surface area (TPSA) is 87.6 Å². The second-order valence-electron chi connectivity index (χ2n) is 7.95. The Kier molecular flexibility index (Phi) is 6.92. The van der Waals surface area contributed by atoms with Crippen LogP contribution in [0.25, 0.3) is 11.5 Å². The molecule has 1 aliphatic carbocycles. The van der Waals surface area contributed by atoms with E-state index in [1.54, 1.807) is 30.3 Å². The van der Waals surface area contributed by atoms with Gasteiger partial charge in [0.15, 0.2) is 0 Å². The van der Waals surface area contributed by atoms with Crippen LogP contribution in [0.15, 0.2) is 52.9 Å². The highest BCUT2D eigenvalue weighted by molar-refractivity contribution is 5.53. The van der Waals surface area contributed by atoms with E-state index >= 15 is 0 Å². The number of hydrogen-bond acceptors (Lipinski definition) is 6. The van der Waals surface area contributed by atoms with E-state index in [1.165, 1.54) is 18.2 Å². The van der Waals surface area contributed by atoms with Gasteiger partial charge in [0.1, 0.15) is 17.3 Å². The molecular formula is C24H25FN2O5. The third-order valence-electron chi connectivity index (χ3n) is 5.68. The molecule has 8 heteroatoms. The first-order valence-electron chi connectivity index (χ1n) is 10.7. The lowest BCUT2D eigenvalue weighted by Gasteiger charge is -2.29. The van der Waals surface area contributed by atoms with Gasteiger partial charge < -0.3 is 13.9 Å². The van der Waals surface area contributed by atoms with Crippen molar-refractivity contribution in [1.82, 2.24) is 4.98 Å². The summed E-state index contributed by atoms with van der Waals surface area (Å²) in [7, 11) is 0. The molecule has 4 rings (SSSR count). The van der Waals surface area contributed by atoms with Gasteiger partial charge in [-0.2, -0.15) is 0 Å². The van der Waals surface area contributed by atoms with Gasteiger partial charge in [0.2, 0.25) is 5.89 Å². The van der Waals surface area contributed by atoms with Crippen LogP contribution >= 0.6 is 0 Å². The lowest BCUT2D eigenvalue weighted by Crippen LogP contribution is -2.28. The molecule has 1 heterocycles. The van der Waals surface area contributed by atoms with Crippen molar-refractivity contribution in [3.63, 3.8) is 0 Å². The predicted molar refractivity (Wildman–Crippen MR) is 115 cm³/mol. The molecule has 1 aromatic heterocycles. The summed E-state index contributed by atoms with van der Waals surface area (Å²) in [5.41, 5.74) is 2.08. The predicted octanol–water partition coefficient (Wildman–Crippen LogP) is 5.74. The maximum atomic E-state index is 13.1. The van der Waals surface area contributed by atoms with Crippen molar-refractivity contribution in [2.75, 3.05) is 0 Å². The quantitative estimate of drug-likeness (QED) is 0.328. The van der Waals surface area contributed by atoms with E-state index < -0.39 is 0 Å². The van der Waals surface area contributed by atoms with Crippen molar-refractivity contribution in [1.29, 1.82) is 0 Å². The summed E-state index contributed by atoms with van der Waals surface area (Å²) in [5.74, 6) is 0.802. The van der Waals surface area contributed by atoms with Gasteiger partial charge >= 0.3 is 0 Å². The number of hydrogen-bond donors (Lipinski definition) is 0. The minimum atomic E-state index is -0.383. The van der Waals surface area contributed by atoms with Crippen molar-refractivity contribution in [2.45, 2.75) is 58.0 Å². The minimum Gasteiger partial charge on any atom is -0.441 e. The monoisotopic (exact) mass is 440 g/mol. The van der Waals surface area contributed by atoms with Gasteiger partial charge in [-0.15, -0.1) is 0 Å². The molecule has 2 unspecified atom stereocenters. The maximum Gasteiger partial charge on any atom is 0.274 e. The summed E-state index contributed by atoms with van der Waals surface area (Å²) in [5, 5.41) is 11.2. The van der Waals surface area contributed by atoms with E-state index in [-0.39, 0.29) is 35.2 Å².